The molecule has 2 rings (SSSR count). The summed E-state index contributed by atoms with van der Waals surface area (Å²) in [6.07, 6.45) is 0. The maximum absolute atomic E-state index is 11.0. The Morgan fingerprint density at radius 3 is 2.52 bits per heavy atom. The number of halogens is 1. The zero-order valence-corrected chi connectivity index (χ0v) is 13.3. The van der Waals surface area contributed by atoms with E-state index in [1.807, 2.05) is 19.1 Å². The van der Waals surface area contributed by atoms with Crippen LogP contribution in [-0.2, 0) is 6.54 Å². The van der Waals surface area contributed by atoms with E-state index >= 15 is 0 Å². The zero-order chi connectivity index (χ0) is 15.6. The molecular weight excluding hydrogens is 336 g/mol. The van der Waals surface area contributed by atoms with Gasteiger partial charge in [0.25, 0.3) is 5.69 Å². The van der Waals surface area contributed by atoms with Crippen molar-refractivity contribution < 1.29 is 9.66 Å². The highest BCUT2D eigenvalue weighted by Crippen LogP contribution is 2.33. The SMILES string of the molecule is Cc1cc(C)c([N+](=O)[O-])cc1Oc1ccc(Br)cc1CN. The van der Waals surface area contributed by atoms with Crippen LogP contribution in [0.2, 0.25) is 0 Å². The standard InChI is InChI=1S/C15H15BrN2O3/c1-9-5-10(2)15(7-13(9)18(19)20)21-14-4-3-12(16)6-11(14)8-17/h3-7H,8,17H2,1-2H3. The van der Waals surface area contributed by atoms with Crippen LogP contribution >= 0.6 is 15.9 Å². The van der Waals surface area contributed by atoms with Crippen LogP contribution in [0.5, 0.6) is 11.5 Å². The Labute approximate surface area is 131 Å². The van der Waals surface area contributed by atoms with Gasteiger partial charge in [-0.2, -0.15) is 0 Å². The lowest BCUT2D eigenvalue weighted by molar-refractivity contribution is -0.385. The predicted molar refractivity (Wildman–Crippen MR) is 84.7 cm³/mol. The Kier molecular flexibility index (Phi) is 4.59. The maximum Gasteiger partial charge on any atom is 0.276 e. The van der Waals surface area contributed by atoms with Gasteiger partial charge in [0.15, 0.2) is 0 Å². The molecule has 0 atom stereocenters. The van der Waals surface area contributed by atoms with Gasteiger partial charge in [0.05, 0.1) is 11.0 Å². The van der Waals surface area contributed by atoms with Crippen molar-refractivity contribution in [3.8, 4) is 11.5 Å². The molecule has 110 valence electrons. The summed E-state index contributed by atoms with van der Waals surface area (Å²) in [5.74, 6) is 1.06. The molecule has 0 radical (unpaired) electrons. The summed E-state index contributed by atoms with van der Waals surface area (Å²) in [6.45, 7) is 3.88. The summed E-state index contributed by atoms with van der Waals surface area (Å²) in [5.41, 5.74) is 8.02. The Morgan fingerprint density at radius 1 is 1.19 bits per heavy atom. The van der Waals surface area contributed by atoms with Crippen molar-refractivity contribution in [2.24, 2.45) is 5.73 Å². The van der Waals surface area contributed by atoms with E-state index in [2.05, 4.69) is 15.9 Å². The molecule has 2 aromatic rings. The molecule has 0 aliphatic heterocycles. The number of ether oxygens (including phenoxy) is 1. The molecule has 0 aliphatic rings. The summed E-state index contributed by atoms with van der Waals surface area (Å²) in [4.78, 5) is 10.6. The van der Waals surface area contributed by atoms with Crippen molar-refractivity contribution in [1.29, 1.82) is 0 Å². The molecule has 0 aromatic heterocycles. The topological polar surface area (TPSA) is 78.4 Å². The minimum Gasteiger partial charge on any atom is -0.456 e. The first-order valence-corrected chi connectivity index (χ1v) is 7.13. The Balaban J connectivity index is 2.44. The number of nitrogens with two attached hydrogens (primary N) is 1. The van der Waals surface area contributed by atoms with Gasteiger partial charge in [-0.05, 0) is 43.7 Å². The van der Waals surface area contributed by atoms with Gasteiger partial charge in [-0.15, -0.1) is 0 Å². The lowest BCUT2D eigenvalue weighted by Crippen LogP contribution is -2.01. The highest BCUT2D eigenvalue weighted by molar-refractivity contribution is 9.10. The van der Waals surface area contributed by atoms with Gasteiger partial charge in [-0.3, -0.25) is 10.1 Å². The van der Waals surface area contributed by atoms with Gasteiger partial charge in [0, 0.05) is 22.1 Å². The molecule has 0 amide bonds. The van der Waals surface area contributed by atoms with Gasteiger partial charge < -0.3 is 10.5 Å². The lowest BCUT2D eigenvalue weighted by atomic mass is 10.1. The number of benzene rings is 2. The van der Waals surface area contributed by atoms with Crippen LogP contribution in [0.4, 0.5) is 5.69 Å². The minimum absolute atomic E-state index is 0.0435. The van der Waals surface area contributed by atoms with Crippen molar-refractivity contribution in [2.75, 3.05) is 0 Å². The molecule has 0 spiro atoms. The van der Waals surface area contributed by atoms with Crippen molar-refractivity contribution in [2.45, 2.75) is 20.4 Å². The third kappa shape index (κ3) is 3.40. The van der Waals surface area contributed by atoms with Crippen LogP contribution < -0.4 is 10.5 Å². The van der Waals surface area contributed by atoms with E-state index in [9.17, 15) is 10.1 Å². The molecule has 0 saturated carbocycles. The van der Waals surface area contributed by atoms with Gasteiger partial charge >= 0.3 is 0 Å². The fraction of sp³-hybridized carbons (Fsp3) is 0.200. The molecular formula is C15H15BrN2O3. The van der Waals surface area contributed by atoms with Crippen LogP contribution in [-0.4, -0.2) is 4.92 Å². The van der Waals surface area contributed by atoms with E-state index in [1.54, 1.807) is 19.1 Å². The second-order valence-electron chi connectivity index (χ2n) is 4.72. The maximum atomic E-state index is 11.0. The van der Waals surface area contributed by atoms with Crippen LogP contribution in [0.3, 0.4) is 0 Å². The van der Waals surface area contributed by atoms with Crippen molar-refractivity contribution in [3.05, 3.63) is 61.6 Å². The lowest BCUT2D eigenvalue weighted by Gasteiger charge is -2.13. The van der Waals surface area contributed by atoms with E-state index in [4.69, 9.17) is 10.5 Å². The molecule has 0 unspecified atom stereocenters. The smallest absolute Gasteiger partial charge is 0.276 e. The first-order valence-electron chi connectivity index (χ1n) is 6.34. The molecule has 2 aromatic carbocycles. The highest BCUT2D eigenvalue weighted by Gasteiger charge is 2.15. The molecule has 0 saturated heterocycles. The first-order chi connectivity index (χ1) is 9.92. The number of rotatable bonds is 4. The average Bonchev–Trinajstić information content (AvgIpc) is 2.42. The van der Waals surface area contributed by atoms with Crippen LogP contribution in [0.25, 0.3) is 0 Å². The largest absolute Gasteiger partial charge is 0.456 e. The fourth-order valence-electron chi connectivity index (χ4n) is 2.05. The second kappa shape index (κ2) is 6.24. The third-order valence-corrected chi connectivity index (χ3v) is 3.65. The third-order valence-electron chi connectivity index (χ3n) is 3.15. The van der Waals surface area contributed by atoms with Gasteiger partial charge in [-0.25, -0.2) is 0 Å². The summed E-state index contributed by atoms with van der Waals surface area (Å²) >= 11 is 3.38. The van der Waals surface area contributed by atoms with Crippen molar-refractivity contribution >= 4 is 21.6 Å². The first kappa shape index (κ1) is 15.5. The van der Waals surface area contributed by atoms with E-state index in [1.165, 1.54) is 6.07 Å². The van der Waals surface area contributed by atoms with Gasteiger partial charge in [0.1, 0.15) is 11.5 Å². The molecule has 0 heterocycles. The molecule has 5 nitrogen and oxygen atoms in total. The zero-order valence-electron chi connectivity index (χ0n) is 11.7. The predicted octanol–water partition coefficient (Wildman–Crippen LogP) is 4.23. The van der Waals surface area contributed by atoms with Crippen LogP contribution in [0.15, 0.2) is 34.8 Å². The molecule has 0 aliphatic carbocycles. The summed E-state index contributed by atoms with van der Waals surface area (Å²) in [7, 11) is 0. The summed E-state index contributed by atoms with van der Waals surface area (Å²) in [5, 5.41) is 11.0. The minimum atomic E-state index is -0.410. The molecule has 6 heteroatoms. The van der Waals surface area contributed by atoms with Crippen LogP contribution in [0, 0.1) is 24.0 Å². The Hall–Kier alpha value is -1.92. The van der Waals surface area contributed by atoms with Crippen molar-refractivity contribution in [3.63, 3.8) is 0 Å². The number of aryl methyl sites for hydroxylation is 2. The Bertz CT molecular complexity index is 702. The van der Waals surface area contributed by atoms with Crippen molar-refractivity contribution in [1.82, 2.24) is 0 Å². The molecule has 0 bridgehead atoms. The highest BCUT2D eigenvalue weighted by atomic mass is 79.9. The number of hydrogen-bond acceptors (Lipinski definition) is 4. The van der Waals surface area contributed by atoms with Gasteiger partial charge in [-0.1, -0.05) is 15.9 Å². The molecule has 2 N–H and O–H groups in total. The monoisotopic (exact) mass is 350 g/mol. The van der Waals surface area contributed by atoms with E-state index in [0.29, 0.717) is 23.6 Å². The summed E-state index contributed by atoms with van der Waals surface area (Å²) < 4.78 is 6.73. The fourth-order valence-corrected chi connectivity index (χ4v) is 2.46. The van der Waals surface area contributed by atoms with Crippen LogP contribution in [0.1, 0.15) is 16.7 Å². The molecule has 21 heavy (non-hydrogen) atoms. The Morgan fingerprint density at radius 2 is 1.90 bits per heavy atom. The van der Waals surface area contributed by atoms with Gasteiger partial charge in [0.2, 0.25) is 0 Å². The number of hydrogen-bond donors (Lipinski definition) is 1. The number of nitro benzene ring substituents is 1. The second-order valence-corrected chi connectivity index (χ2v) is 5.64. The number of nitro groups is 1. The van der Waals surface area contributed by atoms with E-state index in [-0.39, 0.29) is 5.69 Å². The quantitative estimate of drug-likeness (QED) is 0.661. The summed E-state index contributed by atoms with van der Waals surface area (Å²) in [6, 6.07) is 8.69. The van der Waals surface area contributed by atoms with E-state index in [0.717, 1.165) is 15.6 Å². The molecule has 0 fully saturated rings. The average molecular weight is 351 g/mol. The normalized spacial score (nSPS) is 10.5. The number of nitrogens with zero attached hydrogens (tertiary/aromatic N) is 1. The van der Waals surface area contributed by atoms with E-state index < -0.39 is 4.92 Å².